The van der Waals surface area contributed by atoms with Crippen LogP contribution in [-0.2, 0) is 14.4 Å². The van der Waals surface area contributed by atoms with Crippen LogP contribution in [0.15, 0.2) is 0 Å². The number of carboxylic acids is 1. The minimum Gasteiger partial charge on any atom is -0.480 e. The average Bonchev–Trinajstić information content (AvgIpc) is 2.39. The molecular formula is C12H20N2O4. The first-order valence-electron chi connectivity index (χ1n) is 5.95. The third-order valence-electron chi connectivity index (χ3n) is 3.28. The second kappa shape index (κ2) is 4.68. The predicted octanol–water partition coefficient (Wildman–Crippen LogP) is 0.354. The predicted molar refractivity (Wildman–Crippen MR) is 64.6 cm³/mol. The van der Waals surface area contributed by atoms with Crippen LogP contribution in [0.2, 0.25) is 0 Å². The average molecular weight is 256 g/mol. The number of amides is 2. The first kappa shape index (κ1) is 14.6. The molecule has 1 aliphatic rings. The minimum atomic E-state index is -1.32. The highest BCUT2D eigenvalue weighted by Crippen LogP contribution is 2.31. The number of nitrogens with two attached hydrogens (primary N) is 1. The van der Waals surface area contributed by atoms with Gasteiger partial charge in [0.25, 0.3) is 0 Å². The maximum absolute atomic E-state index is 11.9. The Morgan fingerprint density at radius 1 is 1.50 bits per heavy atom. The van der Waals surface area contributed by atoms with Crippen molar-refractivity contribution in [2.24, 2.45) is 11.1 Å². The summed E-state index contributed by atoms with van der Waals surface area (Å²) >= 11 is 0. The van der Waals surface area contributed by atoms with E-state index in [2.05, 4.69) is 0 Å². The molecule has 0 aliphatic carbocycles. The molecule has 0 radical (unpaired) electrons. The summed E-state index contributed by atoms with van der Waals surface area (Å²) in [5, 5.41) is 8.85. The molecule has 1 aliphatic heterocycles. The summed E-state index contributed by atoms with van der Waals surface area (Å²) in [7, 11) is 0. The Bertz CT molecular complexity index is 388. The van der Waals surface area contributed by atoms with E-state index in [-0.39, 0.29) is 31.2 Å². The molecule has 3 N–H and O–H groups in total. The Hall–Kier alpha value is -1.43. The van der Waals surface area contributed by atoms with E-state index < -0.39 is 16.9 Å². The fourth-order valence-electron chi connectivity index (χ4n) is 1.97. The van der Waals surface area contributed by atoms with E-state index in [1.54, 1.807) is 13.8 Å². The number of hydrogen-bond acceptors (Lipinski definition) is 4. The monoisotopic (exact) mass is 256 g/mol. The van der Waals surface area contributed by atoms with Crippen LogP contribution in [0.1, 0.15) is 40.0 Å². The molecular weight excluding hydrogens is 236 g/mol. The normalized spacial score (nSPS) is 22.1. The van der Waals surface area contributed by atoms with E-state index in [4.69, 9.17) is 10.8 Å². The second-order valence-corrected chi connectivity index (χ2v) is 5.74. The van der Waals surface area contributed by atoms with Gasteiger partial charge in [-0.25, -0.2) is 0 Å². The van der Waals surface area contributed by atoms with Crippen LogP contribution in [0.4, 0.5) is 0 Å². The van der Waals surface area contributed by atoms with Gasteiger partial charge in [-0.1, -0.05) is 13.8 Å². The van der Waals surface area contributed by atoms with Crippen molar-refractivity contribution >= 4 is 17.8 Å². The quantitative estimate of drug-likeness (QED) is 0.691. The third kappa shape index (κ3) is 2.87. The molecule has 1 heterocycles. The molecule has 1 saturated heterocycles. The number of carbonyl (C=O) groups is 3. The van der Waals surface area contributed by atoms with Gasteiger partial charge in [-0.05, 0) is 19.8 Å². The van der Waals surface area contributed by atoms with Crippen LogP contribution in [0.3, 0.4) is 0 Å². The smallest absolute Gasteiger partial charge is 0.323 e. The van der Waals surface area contributed by atoms with E-state index >= 15 is 0 Å². The van der Waals surface area contributed by atoms with Crippen molar-refractivity contribution in [3.8, 4) is 0 Å². The Morgan fingerprint density at radius 2 is 2.06 bits per heavy atom. The summed E-state index contributed by atoms with van der Waals surface area (Å²) in [6.07, 6.45) is 0.831. The largest absolute Gasteiger partial charge is 0.480 e. The molecule has 0 aromatic heterocycles. The Labute approximate surface area is 106 Å². The molecule has 1 rings (SSSR count). The highest BCUT2D eigenvalue weighted by molar-refractivity contribution is 6.05. The molecule has 1 atom stereocenters. The lowest BCUT2D eigenvalue weighted by Crippen LogP contribution is -2.45. The summed E-state index contributed by atoms with van der Waals surface area (Å²) in [5.41, 5.74) is 3.62. The molecule has 18 heavy (non-hydrogen) atoms. The van der Waals surface area contributed by atoms with E-state index in [1.807, 2.05) is 0 Å². The maximum atomic E-state index is 11.9. The molecule has 0 aromatic carbocycles. The van der Waals surface area contributed by atoms with Gasteiger partial charge in [0, 0.05) is 13.0 Å². The Morgan fingerprint density at radius 3 is 2.44 bits per heavy atom. The van der Waals surface area contributed by atoms with Gasteiger partial charge in [-0.2, -0.15) is 0 Å². The van der Waals surface area contributed by atoms with Crippen LogP contribution in [-0.4, -0.2) is 39.9 Å². The van der Waals surface area contributed by atoms with Crippen LogP contribution in [0, 0.1) is 5.41 Å². The number of rotatable bonds is 5. The van der Waals surface area contributed by atoms with Gasteiger partial charge in [-0.15, -0.1) is 0 Å². The van der Waals surface area contributed by atoms with Gasteiger partial charge in [0.15, 0.2) is 0 Å². The zero-order valence-corrected chi connectivity index (χ0v) is 11.0. The van der Waals surface area contributed by atoms with Crippen molar-refractivity contribution in [2.45, 2.75) is 45.6 Å². The van der Waals surface area contributed by atoms with Crippen LogP contribution >= 0.6 is 0 Å². The summed E-state index contributed by atoms with van der Waals surface area (Å²) in [6, 6.07) is 0. The van der Waals surface area contributed by atoms with Crippen LogP contribution < -0.4 is 5.73 Å². The van der Waals surface area contributed by atoms with Crippen molar-refractivity contribution in [1.82, 2.24) is 4.90 Å². The zero-order chi connectivity index (χ0) is 14.1. The van der Waals surface area contributed by atoms with Gasteiger partial charge in [0.05, 0.1) is 5.41 Å². The Kier molecular flexibility index (Phi) is 3.81. The molecule has 102 valence electrons. The maximum Gasteiger partial charge on any atom is 0.323 e. The topological polar surface area (TPSA) is 101 Å². The third-order valence-corrected chi connectivity index (χ3v) is 3.28. The first-order chi connectivity index (χ1) is 8.08. The summed E-state index contributed by atoms with van der Waals surface area (Å²) in [6.45, 7) is 5.13. The fourth-order valence-corrected chi connectivity index (χ4v) is 1.97. The summed E-state index contributed by atoms with van der Waals surface area (Å²) < 4.78 is 0. The van der Waals surface area contributed by atoms with E-state index in [0.29, 0.717) is 6.42 Å². The molecule has 6 heteroatoms. The SMILES string of the molecule is CC1(C)CC(=O)N(CCCC(C)(N)C(=O)O)C1=O. The molecule has 0 saturated carbocycles. The summed E-state index contributed by atoms with van der Waals surface area (Å²) in [4.78, 5) is 35.5. The molecule has 0 bridgehead atoms. The van der Waals surface area contributed by atoms with Crippen LogP contribution in [0.5, 0.6) is 0 Å². The zero-order valence-electron chi connectivity index (χ0n) is 11.0. The van der Waals surface area contributed by atoms with Gasteiger partial charge in [0.1, 0.15) is 5.54 Å². The van der Waals surface area contributed by atoms with E-state index in [1.165, 1.54) is 11.8 Å². The molecule has 2 amide bonds. The lowest BCUT2D eigenvalue weighted by molar-refractivity contribution is -0.142. The minimum absolute atomic E-state index is 0.193. The lowest BCUT2D eigenvalue weighted by Gasteiger charge is -2.21. The molecule has 6 nitrogen and oxygen atoms in total. The van der Waals surface area contributed by atoms with Crippen molar-refractivity contribution < 1.29 is 19.5 Å². The van der Waals surface area contributed by atoms with Gasteiger partial charge in [0.2, 0.25) is 11.8 Å². The number of imide groups is 1. The molecule has 0 aromatic rings. The second-order valence-electron chi connectivity index (χ2n) is 5.74. The van der Waals surface area contributed by atoms with Crippen molar-refractivity contribution in [3.63, 3.8) is 0 Å². The standard InChI is InChI=1S/C12H20N2O4/c1-11(2)7-8(15)14(9(11)16)6-4-5-12(3,13)10(17)18/h4-7,13H2,1-3H3,(H,17,18). The van der Waals surface area contributed by atoms with E-state index in [0.717, 1.165) is 0 Å². The number of hydrogen-bond donors (Lipinski definition) is 2. The number of nitrogens with zero attached hydrogens (tertiary/aromatic N) is 1. The fraction of sp³-hybridized carbons (Fsp3) is 0.750. The highest BCUT2D eigenvalue weighted by atomic mass is 16.4. The highest BCUT2D eigenvalue weighted by Gasteiger charge is 2.44. The number of likely N-dealkylation sites (tertiary alicyclic amines) is 1. The van der Waals surface area contributed by atoms with Crippen molar-refractivity contribution in [3.05, 3.63) is 0 Å². The number of carbonyl (C=O) groups excluding carboxylic acids is 2. The lowest BCUT2D eigenvalue weighted by atomic mass is 9.92. The molecule has 1 unspecified atom stereocenters. The number of aliphatic carboxylic acids is 1. The van der Waals surface area contributed by atoms with Gasteiger partial charge in [-0.3, -0.25) is 19.3 Å². The molecule has 0 spiro atoms. The van der Waals surface area contributed by atoms with E-state index in [9.17, 15) is 14.4 Å². The van der Waals surface area contributed by atoms with Gasteiger partial charge >= 0.3 is 5.97 Å². The first-order valence-corrected chi connectivity index (χ1v) is 5.95. The van der Waals surface area contributed by atoms with Crippen molar-refractivity contribution in [1.29, 1.82) is 0 Å². The molecule has 1 fully saturated rings. The number of carboxylic acid groups (broad SMARTS) is 1. The van der Waals surface area contributed by atoms with Gasteiger partial charge < -0.3 is 10.8 Å². The van der Waals surface area contributed by atoms with Crippen LogP contribution in [0.25, 0.3) is 0 Å². The summed E-state index contributed by atoms with van der Waals surface area (Å²) in [5.74, 6) is -1.47. The van der Waals surface area contributed by atoms with Crippen molar-refractivity contribution in [2.75, 3.05) is 6.54 Å². The Balaban J connectivity index is 2.53.